The number of aryl methyl sites for hydroxylation is 2. The van der Waals surface area contributed by atoms with Gasteiger partial charge in [-0.1, -0.05) is 53.4 Å². The quantitative estimate of drug-likeness (QED) is 0.475. The predicted molar refractivity (Wildman–Crippen MR) is 103 cm³/mol. The van der Waals surface area contributed by atoms with E-state index in [0.29, 0.717) is 12.3 Å². The first-order valence-electron chi connectivity index (χ1n) is 7.46. The van der Waals surface area contributed by atoms with Crippen molar-refractivity contribution < 1.29 is 4.79 Å². The monoisotopic (exact) mass is 375 g/mol. The van der Waals surface area contributed by atoms with Gasteiger partial charge in [0, 0.05) is 21.9 Å². The van der Waals surface area contributed by atoms with Gasteiger partial charge in [-0.05, 0) is 25.5 Å². The Balaban J connectivity index is 1.52. The number of aromatic nitrogens is 2. The van der Waals surface area contributed by atoms with Gasteiger partial charge in [-0.15, -0.1) is 21.5 Å². The minimum atomic E-state index is 0.149. The molecule has 3 aromatic rings. The number of thioether (sulfide) groups is 1. The number of benzene rings is 1. The summed E-state index contributed by atoms with van der Waals surface area (Å²) in [5.74, 6) is 0.542. The Kier molecular flexibility index (Phi) is 5.65. The van der Waals surface area contributed by atoms with Gasteiger partial charge in [0.2, 0.25) is 5.13 Å². The van der Waals surface area contributed by atoms with Crippen LogP contribution in [0, 0.1) is 13.8 Å². The van der Waals surface area contributed by atoms with Crippen molar-refractivity contribution in [2.24, 2.45) is 0 Å². The van der Waals surface area contributed by atoms with Crippen LogP contribution in [0.5, 0.6) is 0 Å². The number of Topliss-reactive ketones (excluding diaryl/α,β-unsaturated/α-hetero) is 1. The molecular weight excluding hydrogens is 358 g/mol. The lowest BCUT2D eigenvalue weighted by molar-refractivity contribution is 0.102. The van der Waals surface area contributed by atoms with Crippen LogP contribution in [0.2, 0.25) is 0 Å². The van der Waals surface area contributed by atoms with E-state index in [9.17, 15) is 4.79 Å². The number of anilines is 1. The highest BCUT2D eigenvalue weighted by Crippen LogP contribution is 2.28. The lowest BCUT2D eigenvalue weighted by atomic mass is 10.2. The Morgan fingerprint density at radius 2 is 1.96 bits per heavy atom. The van der Waals surface area contributed by atoms with Crippen molar-refractivity contribution >= 4 is 45.4 Å². The number of rotatable bonds is 7. The second kappa shape index (κ2) is 7.92. The third kappa shape index (κ3) is 4.43. The number of hydrogen-bond acceptors (Lipinski definition) is 7. The van der Waals surface area contributed by atoms with Gasteiger partial charge in [-0.3, -0.25) is 4.79 Å². The van der Waals surface area contributed by atoms with Gasteiger partial charge in [0.1, 0.15) is 0 Å². The molecule has 4 nitrogen and oxygen atoms in total. The maximum Gasteiger partial charge on any atom is 0.206 e. The summed E-state index contributed by atoms with van der Waals surface area (Å²) in [4.78, 5) is 14.6. The minimum absolute atomic E-state index is 0.149. The van der Waals surface area contributed by atoms with E-state index in [-0.39, 0.29) is 5.78 Å². The normalized spacial score (nSPS) is 10.8. The van der Waals surface area contributed by atoms with Crippen molar-refractivity contribution in [1.82, 2.24) is 10.2 Å². The van der Waals surface area contributed by atoms with Gasteiger partial charge in [-0.2, -0.15) is 0 Å². The smallest absolute Gasteiger partial charge is 0.206 e. The molecule has 0 aliphatic carbocycles. The zero-order valence-electron chi connectivity index (χ0n) is 13.4. The van der Waals surface area contributed by atoms with Crippen molar-refractivity contribution in [2.75, 3.05) is 11.1 Å². The first-order chi connectivity index (χ1) is 11.6. The molecule has 0 amide bonds. The largest absolute Gasteiger partial charge is 0.356 e. The van der Waals surface area contributed by atoms with Crippen LogP contribution in [0.15, 0.2) is 40.7 Å². The standard InChI is InChI=1S/C17H17N3OS3/c1-11-8-14(12(2)23-11)15(21)10-22-17-20-19-16(24-17)18-9-13-6-4-3-5-7-13/h3-8H,9-10H2,1-2H3,(H,18,19). The Hall–Kier alpha value is -1.70. The number of hydrogen-bond donors (Lipinski definition) is 1. The fourth-order valence-electron chi connectivity index (χ4n) is 2.23. The molecule has 0 fully saturated rings. The first-order valence-corrected chi connectivity index (χ1v) is 10.1. The summed E-state index contributed by atoms with van der Waals surface area (Å²) < 4.78 is 0.809. The van der Waals surface area contributed by atoms with E-state index >= 15 is 0 Å². The van der Waals surface area contributed by atoms with Crippen LogP contribution in [0.25, 0.3) is 0 Å². The van der Waals surface area contributed by atoms with Crippen LogP contribution < -0.4 is 5.32 Å². The van der Waals surface area contributed by atoms with Crippen molar-refractivity contribution in [1.29, 1.82) is 0 Å². The average molecular weight is 376 g/mol. The van der Waals surface area contributed by atoms with E-state index < -0.39 is 0 Å². The Labute approximate surface area is 153 Å². The van der Waals surface area contributed by atoms with E-state index in [0.717, 1.165) is 19.9 Å². The second-order valence-corrected chi connectivity index (χ2v) is 8.91. The first kappa shape index (κ1) is 17.1. The maximum absolute atomic E-state index is 12.3. The molecule has 1 N–H and O–H groups in total. The summed E-state index contributed by atoms with van der Waals surface area (Å²) in [5.41, 5.74) is 2.03. The molecule has 0 aliphatic rings. The molecule has 2 aromatic heterocycles. The fraction of sp³-hybridized carbons (Fsp3) is 0.235. The summed E-state index contributed by atoms with van der Waals surface area (Å²) in [6.45, 7) is 4.73. The van der Waals surface area contributed by atoms with Crippen molar-refractivity contribution in [3.63, 3.8) is 0 Å². The van der Waals surface area contributed by atoms with Gasteiger partial charge >= 0.3 is 0 Å². The molecule has 24 heavy (non-hydrogen) atoms. The van der Waals surface area contributed by atoms with E-state index in [1.54, 1.807) is 11.3 Å². The highest BCUT2D eigenvalue weighted by Gasteiger charge is 2.14. The molecule has 1 aromatic carbocycles. The molecule has 0 radical (unpaired) electrons. The minimum Gasteiger partial charge on any atom is -0.356 e. The lowest BCUT2D eigenvalue weighted by Crippen LogP contribution is -2.02. The van der Waals surface area contributed by atoms with Crippen LogP contribution in [-0.4, -0.2) is 21.7 Å². The molecule has 7 heteroatoms. The molecule has 0 atom stereocenters. The van der Waals surface area contributed by atoms with Crippen LogP contribution >= 0.6 is 34.4 Å². The SMILES string of the molecule is Cc1cc(C(=O)CSc2nnc(NCc3ccccc3)s2)c(C)s1. The molecule has 2 heterocycles. The number of nitrogens with zero attached hydrogens (tertiary/aromatic N) is 2. The molecule has 0 spiro atoms. The van der Waals surface area contributed by atoms with E-state index in [1.807, 2.05) is 38.1 Å². The second-order valence-electron chi connectivity index (χ2n) is 5.25. The summed E-state index contributed by atoms with van der Waals surface area (Å²) in [5, 5.41) is 12.3. The predicted octanol–water partition coefficient (Wildman–Crippen LogP) is 4.80. The third-order valence-corrected chi connectivity index (χ3v) is 6.34. The fourth-order valence-corrected chi connectivity index (χ4v) is 4.80. The molecule has 0 saturated heterocycles. The summed E-state index contributed by atoms with van der Waals surface area (Å²) in [7, 11) is 0. The van der Waals surface area contributed by atoms with Crippen LogP contribution in [0.1, 0.15) is 25.7 Å². The van der Waals surface area contributed by atoms with Gasteiger partial charge in [0.15, 0.2) is 10.1 Å². The van der Waals surface area contributed by atoms with Gasteiger partial charge in [-0.25, -0.2) is 0 Å². The molecular formula is C17H17N3OS3. The van der Waals surface area contributed by atoms with Crippen molar-refractivity contribution in [3.05, 3.63) is 57.3 Å². The highest BCUT2D eigenvalue weighted by molar-refractivity contribution is 8.01. The van der Waals surface area contributed by atoms with Crippen LogP contribution in [-0.2, 0) is 6.54 Å². The third-order valence-electron chi connectivity index (χ3n) is 3.36. The zero-order chi connectivity index (χ0) is 16.9. The lowest BCUT2D eigenvalue weighted by Gasteiger charge is -2.01. The van der Waals surface area contributed by atoms with Gasteiger partial charge in [0.05, 0.1) is 5.75 Å². The molecule has 3 rings (SSSR count). The molecule has 0 aliphatic heterocycles. The number of thiophene rings is 1. The molecule has 0 bridgehead atoms. The summed E-state index contributed by atoms with van der Waals surface area (Å²) >= 11 is 4.58. The summed E-state index contributed by atoms with van der Waals surface area (Å²) in [6.07, 6.45) is 0. The van der Waals surface area contributed by atoms with Crippen molar-refractivity contribution in [2.45, 2.75) is 24.7 Å². The average Bonchev–Trinajstić information content (AvgIpc) is 3.17. The zero-order valence-corrected chi connectivity index (χ0v) is 15.9. The summed E-state index contributed by atoms with van der Waals surface area (Å²) in [6, 6.07) is 12.1. The molecule has 124 valence electrons. The van der Waals surface area contributed by atoms with E-state index in [4.69, 9.17) is 0 Å². The maximum atomic E-state index is 12.3. The Bertz CT molecular complexity index is 827. The Morgan fingerprint density at radius 1 is 1.17 bits per heavy atom. The molecule has 0 unspecified atom stereocenters. The van der Waals surface area contributed by atoms with Crippen molar-refractivity contribution in [3.8, 4) is 0 Å². The Morgan fingerprint density at radius 3 is 2.67 bits per heavy atom. The topological polar surface area (TPSA) is 54.9 Å². The number of carbonyl (C=O) groups excluding carboxylic acids is 1. The number of carbonyl (C=O) groups is 1. The van der Waals surface area contributed by atoms with Crippen LogP contribution in [0.3, 0.4) is 0 Å². The van der Waals surface area contributed by atoms with E-state index in [2.05, 4.69) is 27.6 Å². The van der Waals surface area contributed by atoms with Gasteiger partial charge < -0.3 is 5.32 Å². The highest BCUT2D eigenvalue weighted by atomic mass is 32.2. The van der Waals surface area contributed by atoms with E-state index in [1.165, 1.54) is 33.5 Å². The van der Waals surface area contributed by atoms with Crippen LogP contribution in [0.4, 0.5) is 5.13 Å². The van der Waals surface area contributed by atoms with Gasteiger partial charge in [0.25, 0.3) is 0 Å². The molecule has 0 saturated carbocycles. The number of nitrogens with one attached hydrogen (secondary N) is 1. The number of ketones is 1.